The average Bonchev–Trinajstić information content (AvgIpc) is 2.90. The van der Waals surface area contributed by atoms with Gasteiger partial charge in [-0.3, -0.25) is 14.9 Å². The molecule has 2 heterocycles. The molecule has 102 valence electrons. The molecule has 0 saturated heterocycles. The van der Waals surface area contributed by atoms with E-state index in [1.165, 1.54) is 15.9 Å². The molecule has 2 aromatic rings. The zero-order chi connectivity index (χ0) is 14.2. The molecule has 5 nitrogen and oxygen atoms in total. The standard InChI is InChI=1S/C12H15N3O2S2/c1-6(2)8-5-18-11(13-8)14-10(16)9-7(3)15(4)12(17)19-9/h5-6H,1-4H3,(H,13,14,16). The van der Waals surface area contributed by atoms with Crippen LogP contribution in [-0.4, -0.2) is 15.5 Å². The first-order valence-corrected chi connectivity index (χ1v) is 7.53. The van der Waals surface area contributed by atoms with E-state index >= 15 is 0 Å². The van der Waals surface area contributed by atoms with Crippen molar-refractivity contribution in [3.8, 4) is 0 Å². The van der Waals surface area contributed by atoms with Gasteiger partial charge in [-0.15, -0.1) is 11.3 Å². The summed E-state index contributed by atoms with van der Waals surface area (Å²) < 4.78 is 1.47. The van der Waals surface area contributed by atoms with E-state index in [9.17, 15) is 9.59 Å². The predicted molar refractivity (Wildman–Crippen MR) is 78.5 cm³/mol. The molecular formula is C12H15N3O2S2. The molecule has 0 aliphatic heterocycles. The van der Waals surface area contributed by atoms with Gasteiger partial charge in [0.2, 0.25) is 0 Å². The topological polar surface area (TPSA) is 64.0 Å². The van der Waals surface area contributed by atoms with E-state index in [-0.39, 0.29) is 10.8 Å². The number of thiazole rings is 2. The van der Waals surface area contributed by atoms with Crippen LogP contribution in [0.25, 0.3) is 0 Å². The van der Waals surface area contributed by atoms with Crippen LogP contribution in [0.5, 0.6) is 0 Å². The first-order chi connectivity index (χ1) is 8.90. The van der Waals surface area contributed by atoms with Crippen molar-refractivity contribution in [2.24, 2.45) is 7.05 Å². The Balaban J connectivity index is 2.20. The van der Waals surface area contributed by atoms with Gasteiger partial charge >= 0.3 is 4.87 Å². The molecule has 1 N–H and O–H groups in total. The predicted octanol–water partition coefficient (Wildman–Crippen LogP) is 2.59. The number of carbonyl (C=O) groups excluding carboxylic acids is 1. The molecule has 2 aromatic heterocycles. The lowest BCUT2D eigenvalue weighted by Gasteiger charge is -2.01. The molecule has 0 aliphatic carbocycles. The molecule has 1 amide bonds. The normalized spacial score (nSPS) is 11.0. The van der Waals surface area contributed by atoms with Gasteiger partial charge in [-0.1, -0.05) is 25.2 Å². The molecule has 0 aromatic carbocycles. The number of anilines is 1. The van der Waals surface area contributed by atoms with Crippen molar-refractivity contribution >= 4 is 33.7 Å². The number of hydrogen-bond donors (Lipinski definition) is 1. The quantitative estimate of drug-likeness (QED) is 0.947. The van der Waals surface area contributed by atoms with Gasteiger partial charge in [0, 0.05) is 18.1 Å². The van der Waals surface area contributed by atoms with Gasteiger partial charge in [0.25, 0.3) is 5.91 Å². The highest BCUT2D eigenvalue weighted by atomic mass is 32.1. The molecule has 0 radical (unpaired) electrons. The summed E-state index contributed by atoms with van der Waals surface area (Å²) in [5.41, 5.74) is 1.63. The van der Waals surface area contributed by atoms with E-state index in [1.54, 1.807) is 14.0 Å². The maximum absolute atomic E-state index is 12.1. The third-order valence-corrected chi connectivity index (χ3v) is 4.74. The Bertz CT molecular complexity index is 667. The van der Waals surface area contributed by atoms with Crippen molar-refractivity contribution in [1.82, 2.24) is 9.55 Å². The van der Waals surface area contributed by atoms with E-state index in [0.717, 1.165) is 17.0 Å². The van der Waals surface area contributed by atoms with Crippen LogP contribution in [0.4, 0.5) is 5.13 Å². The van der Waals surface area contributed by atoms with Crippen LogP contribution in [0, 0.1) is 6.92 Å². The van der Waals surface area contributed by atoms with E-state index < -0.39 is 0 Å². The van der Waals surface area contributed by atoms with Gasteiger partial charge in [0.05, 0.1) is 5.69 Å². The van der Waals surface area contributed by atoms with Crippen molar-refractivity contribution < 1.29 is 4.79 Å². The van der Waals surface area contributed by atoms with Crippen molar-refractivity contribution in [2.45, 2.75) is 26.7 Å². The van der Waals surface area contributed by atoms with E-state index in [4.69, 9.17) is 0 Å². The first kappa shape index (κ1) is 14.0. The molecule has 0 bridgehead atoms. The Kier molecular flexibility index (Phi) is 3.86. The number of carbonyl (C=O) groups is 1. The van der Waals surface area contributed by atoms with Crippen LogP contribution in [0.2, 0.25) is 0 Å². The summed E-state index contributed by atoms with van der Waals surface area (Å²) in [6, 6.07) is 0. The number of amides is 1. The number of nitrogens with zero attached hydrogens (tertiary/aromatic N) is 2. The summed E-state index contributed by atoms with van der Waals surface area (Å²) >= 11 is 2.35. The van der Waals surface area contributed by atoms with Gasteiger partial charge in [-0.25, -0.2) is 4.98 Å². The lowest BCUT2D eigenvalue weighted by Crippen LogP contribution is -2.12. The Labute approximate surface area is 118 Å². The number of nitrogens with one attached hydrogen (secondary N) is 1. The van der Waals surface area contributed by atoms with Gasteiger partial charge in [0.1, 0.15) is 4.88 Å². The Morgan fingerprint density at radius 1 is 1.47 bits per heavy atom. The maximum Gasteiger partial charge on any atom is 0.307 e. The molecule has 0 spiro atoms. The second-order valence-corrected chi connectivity index (χ2v) is 6.35. The fraction of sp³-hybridized carbons (Fsp3) is 0.417. The lowest BCUT2D eigenvalue weighted by molar-refractivity contribution is 0.102. The van der Waals surface area contributed by atoms with Gasteiger partial charge in [0.15, 0.2) is 5.13 Å². The van der Waals surface area contributed by atoms with Crippen LogP contribution < -0.4 is 10.2 Å². The Morgan fingerprint density at radius 3 is 2.63 bits per heavy atom. The van der Waals surface area contributed by atoms with Crippen molar-refractivity contribution in [1.29, 1.82) is 0 Å². The van der Waals surface area contributed by atoms with Gasteiger partial charge in [-0.05, 0) is 12.8 Å². The second kappa shape index (κ2) is 5.26. The van der Waals surface area contributed by atoms with E-state index in [1.807, 2.05) is 19.2 Å². The average molecular weight is 297 g/mol. The lowest BCUT2D eigenvalue weighted by atomic mass is 10.2. The zero-order valence-corrected chi connectivity index (χ0v) is 12.8. The zero-order valence-electron chi connectivity index (χ0n) is 11.2. The summed E-state index contributed by atoms with van der Waals surface area (Å²) in [5, 5.41) is 5.24. The highest BCUT2D eigenvalue weighted by Gasteiger charge is 2.17. The highest BCUT2D eigenvalue weighted by Crippen LogP contribution is 2.22. The molecule has 0 atom stereocenters. The Hall–Kier alpha value is -1.47. The SMILES string of the molecule is Cc1c(C(=O)Nc2nc(C(C)C)cs2)sc(=O)n1C. The van der Waals surface area contributed by atoms with Crippen LogP contribution in [0.15, 0.2) is 10.2 Å². The molecule has 19 heavy (non-hydrogen) atoms. The van der Waals surface area contributed by atoms with Crippen molar-refractivity contribution in [3.63, 3.8) is 0 Å². The third-order valence-electron chi connectivity index (χ3n) is 2.84. The van der Waals surface area contributed by atoms with Crippen LogP contribution in [0.1, 0.15) is 40.8 Å². The smallest absolute Gasteiger partial charge is 0.306 e. The molecule has 0 saturated carbocycles. The minimum atomic E-state index is -0.273. The fourth-order valence-corrected chi connectivity index (χ4v) is 3.24. The van der Waals surface area contributed by atoms with Crippen molar-refractivity contribution in [2.75, 3.05) is 5.32 Å². The highest BCUT2D eigenvalue weighted by molar-refractivity contribution is 7.14. The van der Waals surface area contributed by atoms with Gasteiger partial charge < -0.3 is 4.57 Å². The van der Waals surface area contributed by atoms with Crippen LogP contribution >= 0.6 is 22.7 Å². The summed E-state index contributed by atoms with van der Waals surface area (Å²) in [4.78, 5) is 28.2. The van der Waals surface area contributed by atoms with Crippen LogP contribution in [0.3, 0.4) is 0 Å². The summed E-state index contributed by atoms with van der Waals surface area (Å²) in [7, 11) is 1.66. The number of rotatable bonds is 3. The minimum Gasteiger partial charge on any atom is -0.306 e. The Morgan fingerprint density at radius 2 is 2.16 bits per heavy atom. The summed E-state index contributed by atoms with van der Waals surface area (Å²) in [5.74, 6) is 0.0567. The van der Waals surface area contributed by atoms with E-state index in [2.05, 4.69) is 10.3 Å². The molecule has 0 aliphatic rings. The number of aromatic nitrogens is 2. The summed E-state index contributed by atoms with van der Waals surface area (Å²) in [6.07, 6.45) is 0. The maximum atomic E-state index is 12.1. The first-order valence-electron chi connectivity index (χ1n) is 5.83. The molecular weight excluding hydrogens is 282 g/mol. The third kappa shape index (κ3) is 2.76. The summed E-state index contributed by atoms with van der Waals surface area (Å²) in [6.45, 7) is 5.86. The largest absolute Gasteiger partial charge is 0.307 e. The van der Waals surface area contributed by atoms with E-state index in [0.29, 0.717) is 21.6 Å². The number of hydrogen-bond acceptors (Lipinski definition) is 5. The molecule has 0 fully saturated rings. The van der Waals surface area contributed by atoms with Crippen LogP contribution in [-0.2, 0) is 7.05 Å². The molecule has 0 unspecified atom stereocenters. The molecule has 2 rings (SSSR count). The minimum absolute atomic E-state index is 0.135. The second-order valence-electron chi connectivity index (χ2n) is 4.53. The monoisotopic (exact) mass is 297 g/mol. The van der Waals surface area contributed by atoms with Crippen molar-refractivity contribution in [3.05, 3.63) is 31.3 Å². The molecule has 7 heteroatoms. The fourth-order valence-electron chi connectivity index (χ4n) is 1.49. The van der Waals surface area contributed by atoms with Gasteiger partial charge in [-0.2, -0.15) is 0 Å².